The Hall–Kier alpha value is -3.96. The molecule has 2 aromatic carbocycles. The van der Waals surface area contributed by atoms with E-state index in [1.54, 1.807) is 30.6 Å². The van der Waals surface area contributed by atoms with Gasteiger partial charge in [-0.05, 0) is 79.6 Å². The Morgan fingerprint density at radius 1 is 1.05 bits per heavy atom. The highest BCUT2D eigenvalue weighted by molar-refractivity contribution is 6.11. The summed E-state index contributed by atoms with van der Waals surface area (Å²) in [5, 5.41) is 15.5. The van der Waals surface area contributed by atoms with Crippen molar-refractivity contribution in [2.24, 2.45) is 0 Å². The fourth-order valence-corrected chi connectivity index (χ4v) is 5.39. The van der Waals surface area contributed by atoms with Crippen molar-refractivity contribution in [2.45, 2.75) is 50.6 Å². The van der Waals surface area contributed by atoms with Gasteiger partial charge >= 0.3 is 12.3 Å². The number of ether oxygens (including phenoxy) is 2. The summed E-state index contributed by atoms with van der Waals surface area (Å²) in [5.74, 6) is -0.0227. The Balaban J connectivity index is 0.963. The molecule has 11 heteroatoms. The Morgan fingerprint density at radius 3 is 2.64 bits per heavy atom. The third-order valence-corrected chi connectivity index (χ3v) is 7.67. The van der Waals surface area contributed by atoms with Gasteiger partial charge < -0.3 is 24.8 Å². The van der Waals surface area contributed by atoms with Crippen molar-refractivity contribution in [1.82, 2.24) is 15.3 Å². The van der Waals surface area contributed by atoms with Crippen LogP contribution < -0.4 is 15.0 Å². The minimum atomic E-state index is -4.70. The molecule has 0 atom stereocenters. The number of nitrogens with zero attached hydrogens (tertiary/aromatic N) is 3. The third-order valence-electron chi connectivity index (χ3n) is 7.67. The lowest BCUT2D eigenvalue weighted by atomic mass is 10.0. The number of pyridine rings is 2. The molecular formula is C31H31F3N4O4. The van der Waals surface area contributed by atoms with Crippen LogP contribution in [0.3, 0.4) is 0 Å². The number of unbranched alkanes of at least 4 members (excludes halogenated alkanes) is 1. The van der Waals surface area contributed by atoms with E-state index >= 15 is 0 Å². The molecule has 2 aromatic heterocycles. The first-order valence-electron chi connectivity index (χ1n) is 14.1. The van der Waals surface area contributed by atoms with Gasteiger partial charge in [-0.15, -0.1) is 13.2 Å². The quantitative estimate of drug-likeness (QED) is 0.155. The van der Waals surface area contributed by atoms with Crippen LogP contribution in [0.2, 0.25) is 0 Å². The number of carboxylic acid groups (broad SMARTS) is 1. The maximum atomic E-state index is 12.7. The second-order valence-electron chi connectivity index (χ2n) is 10.9. The number of rotatable bonds is 12. The average Bonchev–Trinajstić information content (AvgIpc) is 3.78. The predicted octanol–water partition coefficient (Wildman–Crippen LogP) is 6.03. The Labute approximate surface area is 240 Å². The fourth-order valence-electron chi connectivity index (χ4n) is 5.39. The monoisotopic (exact) mass is 580 g/mol. The number of hydrogen-bond acceptors (Lipinski definition) is 7. The van der Waals surface area contributed by atoms with E-state index in [-0.39, 0.29) is 17.4 Å². The highest BCUT2D eigenvalue weighted by Gasteiger charge is 2.33. The largest absolute Gasteiger partial charge is 0.573 e. The first kappa shape index (κ1) is 28.2. The number of aromatic carboxylic acids is 1. The minimum absolute atomic E-state index is 0.0786. The van der Waals surface area contributed by atoms with Crippen molar-refractivity contribution >= 4 is 33.5 Å². The zero-order valence-electron chi connectivity index (χ0n) is 22.9. The van der Waals surface area contributed by atoms with Gasteiger partial charge in [0.25, 0.3) is 0 Å². The third kappa shape index (κ3) is 6.57. The molecule has 1 aliphatic heterocycles. The van der Waals surface area contributed by atoms with Crippen LogP contribution in [0.1, 0.15) is 53.1 Å². The van der Waals surface area contributed by atoms with Crippen LogP contribution in [0.25, 0.3) is 21.7 Å². The second-order valence-corrected chi connectivity index (χ2v) is 10.9. The predicted molar refractivity (Wildman–Crippen MR) is 152 cm³/mol. The van der Waals surface area contributed by atoms with E-state index < -0.39 is 12.3 Å². The molecule has 0 unspecified atom stereocenters. The number of alkyl halides is 3. The molecule has 3 heterocycles. The first-order chi connectivity index (χ1) is 20.2. The normalized spacial score (nSPS) is 15.7. The number of anilines is 1. The zero-order valence-corrected chi connectivity index (χ0v) is 22.9. The van der Waals surface area contributed by atoms with Crippen molar-refractivity contribution < 1.29 is 32.5 Å². The van der Waals surface area contributed by atoms with E-state index in [2.05, 4.69) is 19.9 Å². The van der Waals surface area contributed by atoms with Crippen molar-refractivity contribution in [3.63, 3.8) is 0 Å². The van der Waals surface area contributed by atoms with Gasteiger partial charge in [0.05, 0.1) is 17.2 Å². The molecule has 0 amide bonds. The Bertz CT molecular complexity index is 1600. The van der Waals surface area contributed by atoms with Crippen molar-refractivity contribution in [2.75, 3.05) is 31.1 Å². The van der Waals surface area contributed by atoms with E-state index in [1.807, 2.05) is 12.1 Å². The van der Waals surface area contributed by atoms with Crippen molar-refractivity contribution in [1.29, 1.82) is 0 Å². The van der Waals surface area contributed by atoms with Gasteiger partial charge in [0.1, 0.15) is 11.6 Å². The molecule has 42 heavy (non-hydrogen) atoms. The second kappa shape index (κ2) is 11.7. The molecule has 220 valence electrons. The number of benzene rings is 2. The van der Waals surface area contributed by atoms with Gasteiger partial charge in [0.15, 0.2) is 0 Å². The average molecular weight is 581 g/mol. The highest BCUT2D eigenvalue weighted by Crippen LogP contribution is 2.42. The van der Waals surface area contributed by atoms with Crippen LogP contribution in [-0.2, 0) is 11.3 Å². The summed E-state index contributed by atoms with van der Waals surface area (Å²) < 4.78 is 48.4. The summed E-state index contributed by atoms with van der Waals surface area (Å²) in [5.41, 5.74) is 2.50. The lowest BCUT2D eigenvalue weighted by Crippen LogP contribution is -2.52. The van der Waals surface area contributed by atoms with E-state index in [0.29, 0.717) is 37.7 Å². The zero-order chi connectivity index (χ0) is 29.3. The summed E-state index contributed by atoms with van der Waals surface area (Å²) in [7, 11) is 0. The number of carbonyl (C=O) groups is 1. The van der Waals surface area contributed by atoms with Crippen molar-refractivity contribution in [3.8, 4) is 5.75 Å². The number of hydrogen-bond donors (Lipinski definition) is 2. The van der Waals surface area contributed by atoms with E-state index in [4.69, 9.17) is 9.72 Å². The summed E-state index contributed by atoms with van der Waals surface area (Å²) in [6.45, 7) is 3.18. The molecule has 2 fully saturated rings. The summed E-state index contributed by atoms with van der Waals surface area (Å²) in [6, 6.07) is 11.8. The summed E-state index contributed by atoms with van der Waals surface area (Å²) in [6.07, 6.45) is 2.62. The van der Waals surface area contributed by atoms with Crippen LogP contribution >= 0.6 is 0 Å². The molecule has 2 aliphatic rings. The molecule has 1 saturated heterocycles. The minimum Gasteiger partial charge on any atom is -0.478 e. The molecule has 0 spiro atoms. The maximum Gasteiger partial charge on any atom is 0.573 e. The Morgan fingerprint density at radius 2 is 1.88 bits per heavy atom. The van der Waals surface area contributed by atoms with Gasteiger partial charge in [-0.1, -0.05) is 12.1 Å². The van der Waals surface area contributed by atoms with E-state index in [0.717, 1.165) is 65.3 Å². The SMILES string of the molecule is O=C(O)c1ccc2c(c1)nc(N1CC(OCCCCNCc3cc(OC(F)(F)F)cc(C4CC4)c3)C1)c1ccncc12. The fraction of sp³-hybridized carbons (Fsp3) is 0.387. The number of nitrogens with one attached hydrogen (secondary N) is 1. The highest BCUT2D eigenvalue weighted by atomic mass is 19.4. The first-order valence-corrected chi connectivity index (χ1v) is 14.1. The van der Waals surface area contributed by atoms with Gasteiger partial charge in [-0.3, -0.25) is 4.98 Å². The molecule has 1 aliphatic carbocycles. The van der Waals surface area contributed by atoms with Crippen LogP contribution in [0.4, 0.5) is 19.0 Å². The van der Waals surface area contributed by atoms with Gasteiger partial charge in [-0.2, -0.15) is 0 Å². The molecule has 1 saturated carbocycles. The lowest BCUT2D eigenvalue weighted by Gasteiger charge is -2.40. The van der Waals surface area contributed by atoms with Gasteiger partial charge in [-0.25, -0.2) is 9.78 Å². The van der Waals surface area contributed by atoms with E-state index in [9.17, 15) is 23.1 Å². The molecule has 6 rings (SSSR count). The van der Waals surface area contributed by atoms with E-state index in [1.165, 1.54) is 12.1 Å². The van der Waals surface area contributed by atoms with Gasteiger partial charge in [0, 0.05) is 54.8 Å². The molecule has 0 radical (unpaired) electrons. The summed E-state index contributed by atoms with van der Waals surface area (Å²) >= 11 is 0. The number of fused-ring (bicyclic) bond motifs is 3. The van der Waals surface area contributed by atoms with Crippen molar-refractivity contribution in [3.05, 3.63) is 71.5 Å². The molecule has 2 N–H and O–H groups in total. The van der Waals surface area contributed by atoms with Crippen LogP contribution in [0.5, 0.6) is 5.75 Å². The summed E-state index contributed by atoms with van der Waals surface area (Å²) in [4.78, 5) is 22.7. The standard InChI is InChI=1S/C31H31F3N4O4/c32-31(33,34)42-23-12-19(11-22(13-23)20-3-4-20)15-35-8-1-2-10-41-24-17-38(18-24)29-26-7-9-36-16-27(26)25-6-5-21(30(39)40)14-28(25)37-29/h5-7,9,11-14,16,20,24,35H,1-4,8,10,15,17-18H2,(H,39,40). The number of halogens is 3. The van der Waals surface area contributed by atoms with Crippen LogP contribution in [0.15, 0.2) is 54.9 Å². The molecule has 4 aromatic rings. The molecule has 0 bridgehead atoms. The smallest absolute Gasteiger partial charge is 0.478 e. The van der Waals surface area contributed by atoms with Crippen LogP contribution in [0, 0.1) is 0 Å². The topological polar surface area (TPSA) is 96.8 Å². The molecular weight excluding hydrogens is 549 g/mol. The maximum absolute atomic E-state index is 12.7. The number of aromatic nitrogens is 2. The molecule has 8 nitrogen and oxygen atoms in total. The van der Waals surface area contributed by atoms with Gasteiger partial charge in [0.2, 0.25) is 0 Å². The Kier molecular flexibility index (Phi) is 7.87. The van der Waals surface area contributed by atoms with Crippen LogP contribution in [-0.4, -0.2) is 59.8 Å². The lowest BCUT2D eigenvalue weighted by molar-refractivity contribution is -0.274. The number of carboxylic acids is 1.